The topological polar surface area (TPSA) is 96.4 Å². The van der Waals surface area contributed by atoms with Crippen LogP contribution >= 0.6 is 11.3 Å². The average Bonchev–Trinajstić information content (AvgIpc) is 3.14. The highest BCUT2D eigenvalue weighted by Crippen LogP contribution is 2.21. The number of aromatic nitrogens is 2. The van der Waals surface area contributed by atoms with Crippen LogP contribution in [0.3, 0.4) is 0 Å². The third kappa shape index (κ3) is 3.43. The van der Waals surface area contributed by atoms with E-state index >= 15 is 0 Å². The molecule has 0 spiro atoms. The molecule has 1 saturated heterocycles. The second-order valence-electron chi connectivity index (χ2n) is 5.29. The summed E-state index contributed by atoms with van der Waals surface area (Å²) in [5.74, 6) is -0.0547. The molecule has 0 aliphatic carbocycles. The summed E-state index contributed by atoms with van der Waals surface area (Å²) in [6.45, 7) is 2.89. The Labute approximate surface area is 136 Å². The van der Waals surface area contributed by atoms with Gasteiger partial charge in [0.2, 0.25) is 0 Å². The van der Waals surface area contributed by atoms with Crippen molar-refractivity contribution in [3.63, 3.8) is 0 Å². The Balaban J connectivity index is 1.77. The van der Waals surface area contributed by atoms with E-state index in [1.165, 1.54) is 10.6 Å². The van der Waals surface area contributed by atoms with Gasteiger partial charge in [0.25, 0.3) is 11.5 Å². The van der Waals surface area contributed by atoms with Crippen LogP contribution in [0.4, 0.5) is 0 Å². The molecule has 122 valence electrons. The molecule has 2 N–H and O–H groups in total. The lowest BCUT2D eigenvalue weighted by Crippen LogP contribution is -2.19. The number of ether oxygens (including phenoxy) is 2. The molecule has 3 rings (SSSR count). The Bertz CT molecular complexity index is 777. The molecule has 8 heteroatoms. The molecule has 1 atom stereocenters. The lowest BCUT2D eigenvalue weighted by molar-refractivity contribution is 0.0679. The van der Waals surface area contributed by atoms with Gasteiger partial charge in [-0.3, -0.25) is 14.2 Å². The van der Waals surface area contributed by atoms with Crippen LogP contribution < -0.4 is 16.0 Å². The van der Waals surface area contributed by atoms with Gasteiger partial charge in [-0.05, 0) is 25.8 Å². The molecule has 1 fully saturated rings. The minimum absolute atomic E-state index is 0.0946. The summed E-state index contributed by atoms with van der Waals surface area (Å²) >= 11 is 1.09. The Morgan fingerprint density at radius 1 is 1.61 bits per heavy atom. The van der Waals surface area contributed by atoms with Gasteiger partial charge in [-0.2, -0.15) is 0 Å². The van der Waals surface area contributed by atoms with Crippen molar-refractivity contribution in [2.75, 3.05) is 13.2 Å². The standard InChI is InChI=1S/C15H17N3O4S/c1-9-13(14(16)20)23-15(17-9)18-5-4-10(7-12(18)19)22-8-11-3-2-6-21-11/h4-5,7,11H,2-3,6,8H2,1H3,(H2,16,20). The fourth-order valence-electron chi connectivity index (χ4n) is 2.39. The summed E-state index contributed by atoms with van der Waals surface area (Å²) < 4.78 is 12.4. The van der Waals surface area contributed by atoms with Crippen LogP contribution in [0, 0.1) is 6.92 Å². The smallest absolute Gasteiger partial charge is 0.260 e. The number of amides is 1. The Hall–Kier alpha value is -2.19. The zero-order chi connectivity index (χ0) is 16.4. The van der Waals surface area contributed by atoms with Crippen LogP contribution in [0.5, 0.6) is 5.75 Å². The highest BCUT2D eigenvalue weighted by Gasteiger charge is 2.17. The van der Waals surface area contributed by atoms with Crippen molar-refractivity contribution in [1.29, 1.82) is 0 Å². The minimum atomic E-state index is -0.546. The van der Waals surface area contributed by atoms with Crippen LogP contribution in [0.2, 0.25) is 0 Å². The lowest BCUT2D eigenvalue weighted by atomic mass is 10.2. The maximum Gasteiger partial charge on any atom is 0.260 e. The maximum atomic E-state index is 12.2. The van der Waals surface area contributed by atoms with Gasteiger partial charge in [-0.25, -0.2) is 4.98 Å². The number of thiazole rings is 1. The third-order valence-corrected chi connectivity index (χ3v) is 4.74. The van der Waals surface area contributed by atoms with Crippen LogP contribution in [0.1, 0.15) is 28.2 Å². The lowest BCUT2D eigenvalue weighted by Gasteiger charge is -2.11. The van der Waals surface area contributed by atoms with E-state index < -0.39 is 5.91 Å². The molecule has 0 radical (unpaired) electrons. The molecule has 23 heavy (non-hydrogen) atoms. The number of hydrogen-bond acceptors (Lipinski definition) is 6. The number of rotatable bonds is 5. The van der Waals surface area contributed by atoms with Crippen molar-refractivity contribution in [2.24, 2.45) is 5.73 Å². The van der Waals surface area contributed by atoms with E-state index in [4.69, 9.17) is 15.2 Å². The van der Waals surface area contributed by atoms with E-state index in [0.29, 0.717) is 28.1 Å². The first-order valence-electron chi connectivity index (χ1n) is 7.29. The summed E-state index contributed by atoms with van der Waals surface area (Å²) in [6.07, 6.45) is 3.69. The van der Waals surface area contributed by atoms with Gasteiger partial charge in [-0.1, -0.05) is 11.3 Å². The largest absolute Gasteiger partial charge is 0.491 e. The molecule has 3 heterocycles. The second-order valence-corrected chi connectivity index (χ2v) is 6.27. The van der Waals surface area contributed by atoms with Crippen molar-refractivity contribution in [3.05, 3.63) is 39.3 Å². The van der Waals surface area contributed by atoms with Crippen LogP contribution in [0.25, 0.3) is 5.13 Å². The zero-order valence-corrected chi connectivity index (χ0v) is 13.5. The second kappa shape index (κ2) is 6.51. The molecular formula is C15H17N3O4S. The first kappa shape index (κ1) is 15.7. The van der Waals surface area contributed by atoms with Gasteiger partial charge < -0.3 is 15.2 Å². The van der Waals surface area contributed by atoms with Crippen LogP contribution in [-0.2, 0) is 4.74 Å². The molecular weight excluding hydrogens is 318 g/mol. The fraction of sp³-hybridized carbons (Fsp3) is 0.400. The number of primary amides is 1. The SMILES string of the molecule is Cc1nc(-n2ccc(OCC3CCCO3)cc2=O)sc1C(N)=O. The van der Waals surface area contributed by atoms with E-state index in [1.54, 1.807) is 19.2 Å². The van der Waals surface area contributed by atoms with Crippen molar-refractivity contribution < 1.29 is 14.3 Å². The van der Waals surface area contributed by atoms with Crippen molar-refractivity contribution in [2.45, 2.75) is 25.9 Å². The first-order valence-corrected chi connectivity index (χ1v) is 8.11. The highest BCUT2D eigenvalue weighted by molar-refractivity contribution is 7.16. The summed E-state index contributed by atoms with van der Waals surface area (Å²) in [5, 5.41) is 0.409. The number of hydrogen-bond donors (Lipinski definition) is 1. The van der Waals surface area contributed by atoms with E-state index in [9.17, 15) is 9.59 Å². The minimum Gasteiger partial charge on any atom is -0.491 e. The molecule has 1 unspecified atom stereocenters. The molecule has 2 aromatic rings. The molecule has 0 aromatic carbocycles. The van der Waals surface area contributed by atoms with E-state index in [-0.39, 0.29) is 11.7 Å². The average molecular weight is 335 g/mol. The molecule has 2 aromatic heterocycles. The zero-order valence-electron chi connectivity index (χ0n) is 12.7. The summed E-state index contributed by atoms with van der Waals surface area (Å²) in [5.41, 5.74) is 5.52. The van der Waals surface area contributed by atoms with Gasteiger partial charge in [0, 0.05) is 18.9 Å². The fourth-order valence-corrected chi connectivity index (χ4v) is 3.30. The van der Waals surface area contributed by atoms with Crippen molar-refractivity contribution in [3.8, 4) is 10.9 Å². The van der Waals surface area contributed by atoms with E-state index in [0.717, 1.165) is 30.8 Å². The number of nitrogens with two attached hydrogens (primary N) is 1. The molecule has 1 amide bonds. The molecule has 1 aliphatic rings. The quantitative estimate of drug-likeness (QED) is 0.887. The molecule has 0 bridgehead atoms. The molecule has 1 aliphatic heterocycles. The van der Waals surface area contributed by atoms with Crippen molar-refractivity contribution >= 4 is 17.2 Å². The van der Waals surface area contributed by atoms with Gasteiger partial charge >= 0.3 is 0 Å². The highest BCUT2D eigenvalue weighted by atomic mass is 32.1. The summed E-state index contributed by atoms with van der Waals surface area (Å²) in [6, 6.07) is 3.09. The Morgan fingerprint density at radius 3 is 3.04 bits per heavy atom. The van der Waals surface area contributed by atoms with Crippen LogP contribution in [0.15, 0.2) is 23.1 Å². The summed E-state index contributed by atoms with van der Waals surface area (Å²) in [7, 11) is 0. The molecule has 7 nitrogen and oxygen atoms in total. The van der Waals surface area contributed by atoms with Gasteiger partial charge in [-0.15, -0.1) is 0 Å². The number of nitrogens with zero attached hydrogens (tertiary/aromatic N) is 2. The predicted octanol–water partition coefficient (Wildman–Crippen LogP) is 1.26. The van der Waals surface area contributed by atoms with E-state index in [2.05, 4.69) is 4.98 Å². The van der Waals surface area contributed by atoms with E-state index in [1.807, 2.05) is 0 Å². The van der Waals surface area contributed by atoms with Crippen LogP contribution in [-0.4, -0.2) is 34.8 Å². The third-order valence-electron chi connectivity index (χ3n) is 3.57. The van der Waals surface area contributed by atoms with Crippen molar-refractivity contribution in [1.82, 2.24) is 9.55 Å². The number of pyridine rings is 1. The monoisotopic (exact) mass is 335 g/mol. The maximum absolute atomic E-state index is 12.2. The Kier molecular flexibility index (Phi) is 4.44. The number of aryl methyl sites for hydroxylation is 1. The Morgan fingerprint density at radius 2 is 2.43 bits per heavy atom. The number of carbonyl (C=O) groups is 1. The van der Waals surface area contributed by atoms with Gasteiger partial charge in [0.15, 0.2) is 5.13 Å². The first-order chi connectivity index (χ1) is 11.0. The number of carbonyl (C=O) groups excluding carboxylic acids is 1. The summed E-state index contributed by atoms with van der Waals surface area (Å²) in [4.78, 5) is 28.1. The van der Waals surface area contributed by atoms with Gasteiger partial charge in [0.1, 0.15) is 17.2 Å². The molecule has 0 saturated carbocycles. The normalized spacial score (nSPS) is 17.3. The van der Waals surface area contributed by atoms with Gasteiger partial charge in [0.05, 0.1) is 11.8 Å². The predicted molar refractivity (Wildman–Crippen MR) is 85.4 cm³/mol.